The van der Waals surface area contributed by atoms with E-state index in [2.05, 4.69) is 12.1 Å². The van der Waals surface area contributed by atoms with Crippen LogP contribution in [0.2, 0.25) is 0 Å². The van der Waals surface area contributed by atoms with Crippen molar-refractivity contribution >= 4 is 10.8 Å². The molecule has 1 aliphatic heterocycles. The Bertz CT molecular complexity index is 938. The molecule has 0 bridgehead atoms. The molecule has 1 atom stereocenters. The molecule has 1 heterocycles. The third-order valence-corrected chi connectivity index (χ3v) is 5.21. The zero-order chi connectivity index (χ0) is 17.0. The number of methoxy groups -OCH3 is 1. The van der Waals surface area contributed by atoms with Crippen molar-refractivity contribution in [2.75, 3.05) is 7.11 Å². The third kappa shape index (κ3) is 1.98. The van der Waals surface area contributed by atoms with Crippen LogP contribution in [0, 0.1) is 0 Å². The van der Waals surface area contributed by atoms with Crippen molar-refractivity contribution in [3.63, 3.8) is 0 Å². The van der Waals surface area contributed by atoms with Gasteiger partial charge in [-0.3, -0.25) is 0 Å². The molecule has 25 heavy (non-hydrogen) atoms. The Balaban J connectivity index is 1.73. The summed E-state index contributed by atoms with van der Waals surface area (Å²) in [5, 5.41) is 12.5. The van der Waals surface area contributed by atoms with Gasteiger partial charge in [0.1, 0.15) is 17.2 Å². The van der Waals surface area contributed by atoms with Gasteiger partial charge in [-0.2, -0.15) is 0 Å². The smallest absolute Gasteiger partial charge is 0.278 e. The molecule has 2 aliphatic rings. The number of phenolic OH excluding ortho intramolecular Hbond substituents is 1. The van der Waals surface area contributed by atoms with Crippen molar-refractivity contribution in [1.29, 1.82) is 0 Å². The van der Waals surface area contributed by atoms with E-state index in [0.29, 0.717) is 12.8 Å². The summed E-state index contributed by atoms with van der Waals surface area (Å²) in [6.45, 7) is 0. The molecule has 4 heteroatoms. The minimum atomic E-state index is -0.939. The molecule has 1 spiro atoms. The van der Waals surface area contributed by atoms with Crippen LogP contribution in [-0.2, 0) is 10.5 Å². The van der Waals surface area contributed by atoms with Crippen LogP contribution >= 0.6 is 0 Å². The van der Waals surface area contributed by atoms with Crippen LogP contribution < -0.4 is 9.47 Å². The van der Waals surface area contributed by atoms with Gasteiger partial charge in [-0.1, -0.05) is 36.4 Å². The van der Waals surface area contributed by atoms with E-state index >= 15 is 0 Å². The summed E-state index contributed by atoms with van der Waals surface area (Å²) in [5.74, 6) is 0.896. The number of aromatic hydroxyl groups is 1. The first-order valence-electron chi connectivity index (χ1n) is 8.47. The quantitative estimate of drug-likeness (QED) is 0.704. The standard InChI is InChI=1S/C21H18O4/c1-23-16-11-12-21(14-7-4-8-15(22)20(14)16)24-17-9-2-5-13-6-3-10-18(25-21)19(13)17/h2-10,16,22H,11-12H2,1H3. The summed E-state index contributed by atoms with van der Waals surface area (Å²) in [6.07, 6.45) is 1.19. The van der Waals surface area contributed by atoms with Gasteiger partial charge in [-0.25, -0.2) is 0 Å². The topological polar surface area (TPSA) is 47.9 Å². The number of rotatable bonds is 1. The lowest BCUT2D eigenvalue weighted by Crippen LogP contribution is -2.45. The summed E-state index contributed by atoms with van der Waals surface area (Å²) in [5.41, 5.74) is 1.58. The zero-order valence-electron chi connectivity index (χ0n) is 13.9. The molecule has 126 valence electrons. The molecule has 0 saturated carbocycles. The summed E-state index contributed by atoms with van der Waals surface area (Å²) < 4.78 is 18.4. The first kappa shape index (κ1) is 14.6. The highest BCUT2D eigenvalue weighted by Crippen LogP contribution is 2.52. The maximum Gasteiger partial charge on any atom is 0.278 e. The lowest BCUT2D eigenvalue weighted by molar-refractivity contribution is -0.149. The summed E-state index contributed by atoms with van der Waals surface area (Å²) in [7, 11) is 1.66. The Morgan fingerprint density at radius 3 is 2.36 bits per heavy atom. The SMILES string of the molecule is COC1CCC2(Oc3cccc4cccc(c34)O2)c2cccc(O)c21. The Labute approximate surface area is 145 Å². The number of ether oxygens (including phenoxy) is 3. The van der Waals surface area contributed by atoms with Crippen molar-refractivity contribution in [2.45, 2.75) is 24.7 Å². The molecule has 1 N–H and O–H groups in total. The molecule has 1 unspecified atom stereocenters. The second kappa shape index (κ2) is 5.14. The van der Waals surface area contributed by atoms with Crippen molar-refractivity contribution < 1.29 is 19.3 Å². The number of hydrogen-bond acceptors (Lipinski definition) is 4. The highest BCUT2D eigenvalue weighted by atomic mass is 16.7. The van der Waals surface area contributed by atoms with Crippen LogP contribution in [0.3, 0.4) is 0 Å². The highest BCUT2D eigenvalue weighted by Gasteiger charge is 2.48. The van der Waals surface area contributed by atoms with Gasteiger partial charge in [0.2, 0.25) is 0 Å². The molecular formula is C21H18O4. The molecule has 1 aliphatic carbocycles. The third-order valence-electron chi connectivity index (χ3n) is 5.21. The second-order valence-corrected chi connectivity index (χ2v) is 6.57. The van der Waals surface area contributed by atoms with Crippen molar-refractivity contribution in [1.82, 2.24) is 0 Å². The minimum absolute atomic E-state index is 0.165. The van der Waals surface area contributed by atoms with E-state index in [1.165, 1.54) is 0 Å². The Hall–Kier alpha value is -2.72. The van der Waals surface area contributed by atoms with Gasteiger partial charge in [-0.05, 0) is 30.0 Å². The fourth-order valence-electron chi connectivity index (χ4n) is 4.09. The summed E-state index contributed by atoms with van der Waals surface area (Å²) in [4.78, 5) is 0. The monoisotopic (exact) mass is 334 g/mol. The van der Waals surface area contributed by atoms with Gasteiger partial charge in [0.05, 0.1) is 11.5 Å². The average molecular weight is 334 g/mol. The predicted octanol–water partition coefficient (Wildman–Crippen LogP) is 4.65. The van der Waals surface area contributed by atoms with E-state index < -0.39 is 5.79 Å². The number of fused-ring (bicyclic) bond motifs is 2. The Kier molecular flexibility index (Phi) is 3.00. The van der Waals surface area contributed by atoms with E-state index in [9.17, 15) is 5.11 Å². The van der Waals surface area contributed by atoms with Crippen LogP contribution in [0.5, 0.6) is 17.2 Å². The second-order valence-electron chi connectivity index (χ2n) is 6.57. The Morgan fingerprint density at radius 2 is 1.68 bits per heavy atom. The van der Waals surface area contributed by atoms with E-state index in [-0.39, 0.29) is 11.9 Å². The summed E-state index contributed by atoms with van der Waals surface area (Å²) >= 11 is 0. The maximum absolute atomic E-state index is 10.4. The summed E-state index contributed by atoms with van der Waals surface area (Å²) in [6, 6.07) is 17.5. The first-order valence-corrected chi connectivity index (χ1v) is 8.47. The van der Waals surface area contributed by atoms with Crippen LogP contribution in [-0.4, -0.2) is 12.2 Å². The minimum Gasteiger partial charge on any atom is -0.508 e. The average Bonchev–Trinajstić information content (AvgIpc) is 2.63. The molecule has 4 nitrogen and oxygen atoms in total. The highest BCUT2D eigenvalue weighted by molar-refractivity contribution is 5.94. The van der Waals surface area contributed by atoms with Gasteiger partial charge in [0, 0.05) is 24.7 Å². The predicted molar refractivity (Wildman–Crippen MR) is 94.0 cm³/mol. The van der Waals surface area contributed by atoms with Crippen LogP contribution in [0.1, 0.15) is 30.1 Å². The molecule has 5 rings (SSSR count). The van der Waals surface area contributed by atoms with Crippen molar-refractivity contribution in [3.8, 4) is 17.2 Å². The van der Waals surface area contributed by atoms with E-state index in [4.69, 9.17) is 14.2 Å². The van der Waals surface area contributed by atoms with Gasteiger partial charge >= 0.3 is 0 Å². The largest absolute Gasteiger partial charge is 0.508 e. The fourth-order valence-corrected chi connectivity index (χ4v) is 4.09. The first-order chi connectivity index (χ1) is 12.2. The van der Waals surface area contributed by atoms with Crippen LogP contribution in [0.4, 0.5) is 0 Å². The molecular weight excluding hydrogens is 316 g/mol. The molecule has 0 saturated heterocycles. The number of phenols is 1. The van der Waals surface area contributed by atoms with Gasteiger partial charge in [-0.15, -0.1) is 0 Å². The van der Waals surface area contributed by atoms with Gasteiger partial charge in [0.25, 0.3) is 5.79 Å². The molecule has 0 fully saturated rings. The maximum atomic E-state index is 10.4. The number of hydrogen-bond donors (Lipinski definition) is 1. The normalized spacial score (nSPS) is 20.0. The van der Waals surface area contributed by atoms with Gasteiger partial charge < -0.3 is 19.3 Å². The molecule has 3 aromatic rings. The van der Waals surface area contributed by atoms with Crippen molar-refractivity contribution in [2.24, 2.45) is 0 Å². The van der Waals surface area contributed by atoms with Crippen molar-refractivity contribution in [3.05, 3.63) is 65.7 Å². The Morgan fingerprint density at radius 1 is 1.00 bits per heavy atom. The van der Waals surface area contributed by atoms with Gasteiger partial charge in [0.15, 0.2) is 0 Å². The molecule has 0 aromatic heterocycles. The van der Waals surface area contributed by atoms with Crippen LogP contribution in [0.25, 0.3) is 10.8 Å². The molecule has 0 radical (unpaired) electrons. The molecule has 3 aromatic carbocycles. The fraction of sp³-hybridized carbons (Fsp3) is 0.238. The number of benzene rings is 3. The zero-order valence-corrected chi connectivity index (χ0v) is 13.9. The van der Waals surface area contributed by atoms with E-state index in [1.54, 1.807) is 13.2 Å². The van der Waals surface area contributed by atoms with E-state index in [1.807, 2.05) is 36.4 Å². The lowest BCUT2D eigenvalue weighted by atomic mass is 9.83. The molecule has 0 amide bonds. The van der Waals surface area contributed by atoms with E-state index in [0.717, 1.165) is 33.4 Å². The lowest BCUT2D eigenvalue weighted by Gasteiger charge is -2.43. The van der Waals surface area contributed by atoms with Crippen LogP contribution in [0.15, 0.2) is 54.6 Å².